The number of nitrogens with zero attached hydrogens (tertiary/aromatic N) is 1. The molecule has 1 rings (SSSR count). The summed E-state index contributed by atoms with van der Waals surface area (Å²) in [5.41, 5.74) is 1.14. The van der Waals surface area contributed by atoms with Gasteiger partial charge < -0.3 is 4.74 Å². The van der Waals surface area contributed by atoms with Crippen LogP contribution in [0.25, 0.3) is 0 Å². The lowest BCUT2D eigenvalue weighted by atomic mass is 10.2. The third-order valence-corrected chi connectivity index (χ3v) is 2.65. The van der Waals surface area contributed by atoms with Gasteiger partial charge in [-0.2, -0.15) is 5.26 Å². The summed E-state index contributed by atoms with van der Waals surface area (Å²) in [7, 11) is 0. The minimum atomic E-state index is -0.380. The smallest absolute Gasteiger partial charge is 0.178 e. The number of aryl methyl sites for hydroxylation is 1. The highest BCUT2D eigenvalue weighted by molar-refractivity contribution is 7.10. The van der Waals surface area contributed by atoms with Crippen LogP contribution >= 0.6 is 11.3 Å². The van der Waals surface area contributed by atoms with E-state index < -0.39 is 0 Å². The SMILES string of the molecule is CCOC(C#N)c1sccc1C. The summed E-state index contributed by atoms with van der Waals surface area (Å²) in [4.78, 5) is 1.03. The maximum Gasteiger partial charge on any atom is 0.178 e. The molecule has 0 bridgehead atoms. The molecule has 64 valence electrons. The van der Waals surface area contributed by atoms with Crippen LogP contribution in [0, 0.1) is 18.3 Å². The van der Waals surface area contributed by atoms with E-state index in [4.69, 9.17) is 10.00 Å². The second-order valence-corrected chi connectivity index (χ2v) is 3.38. The summed E-state index contributed by atoms with van der Waals surface area (Å²) in [6.07, 6.45) is -0.380. The molecule has 1 atom stereocenters. The zero-order valence-corrected chi connectivity index (χ0v) is 8.02. The minimum Gasteiger partial charge on any atom is -0.358 e. The van der Waals surface area contributed by atoms with Crippen LogP contribution in [0.1, 0.15) is 23.5 Å². The summed E-state index contributed by atoms with van der Waals surface area (Å²) in [5, 5.41) is 10.8. The van der Waals surface area contributed by atoms with Gasteiger partial charge in [0.25, 0.3) is 0 Å². The first-order chi connectivity index (χ1) is 5.79. The molecule has 1 aromatic heterocycles. The van der Waals surface area contributed by atoms with Gasteiger partial charge in [-0.3, -0.25) is 0 Å². The van der Waals surface area contributed by atoms with E-state index in [1.165, 1.54) is 0 Å². The van der Waals surface area contributed by atoms with Crippen molar-refractivity contribution in [3.63, 3.8) is 0 Å². The van der Waals surface area contributed by atoms with Crippen LogP contribution in [0.3, 0.4) is 0 Å². The predicted octanol–water partition coefficient (Wildman–Crippen LogP) is 2.66. The fourth-order valence-electron chi connectivity index (χ4n) is 0.991. The van der Waals surface area contributed by atoms with Crippen molar-refractivity contribution in [3.8, 4) is 6.07 Å². The maximum atomic E-state index is 8.79. The molecule has 0 spiro atoms. The van der Waals surface area contributed by atoms with E-state index in [1.807, 2.05) is 25.3 Å². The first-order valence-corrected chi connectivity index (χ1v) is 4.72. The second-order valence-electron chi connectivity index (χ2n) is 2.43. The molecule has 0 saturated carbocycles. The van der Waals surface area contributed by atoms with Crippen LogP contribution in [-0.2, 0) is 4.74 Å². The average molecular weight is 181 g/mol. The summed E-state index contributed by atoms with van der Waals surface area (Å²) in [6, 6.07) is 4.14. The van der Waals surface area contributed by atoms with Gasteiger partial charge in [0.2, 0.25) is 0 Å². The Bertz CT molecular complexity index is 287. The third kappa shape index (κ3) is 1.84. The van der Waals surface area contributed by atoms with Crippen molar-refractivity contribution >= 4 is 11.3 Å². The first-order valence-electron chi connectivity index (χ1n) is 3.84. The van der Waals surface area contributed by atoms with E-state index in [1.54, 1.807) is 11.3 Å². The molecule has 0 fully saturated rings. The Labute approximate surface area is 76.4 Å². The monoisotopic (exact) mass is 181 g/mol. The van der Waals surface area contributed by atoms with Gasteiger partial charge in [0, 0.05) is 6.61 Å². The quantitative estimate of drug-likeness (QED) is 0.718. The maximum absolute atomic E-state index is 8.79. The van der Waals surface area contributed by atoms with Crippen LogP contribution in [-0.4, -0.2) is 6.61 Å². The van der Waals surface area contributed by atoms with Crippen molar-refractivity contribution in [1.29, 1.82) is 5.26 Å². The highest BCUT2D eigenvalue weighted by Crippen LogP contribution is 2.25. The summed E-state index contributed by atoms with van der Waals surface area (Å²) >= 11 is 1.57. The minimum absolute atomic E-state index is 0.380. The average Bonchev–Trinajstić information content (AvgIpc) is 2.47. The predicted molar refractivity (Wildman–Crippen MR) is 49.0 cm³/mol. The van der Waals surface area contributed by atoms with Crippen LogP contribution in [0.2, 0.25) is 0 Å². The summed E-state index contributed by atoms with van der Waals surface area (Å²) in [5.74, 6) is 0. The van der Waals surface area contributed by atoms with E-state index in [-0.39, 0.29) is 6.10 Å². The van der Waals surface area contributed by atoms with Crippen molar-refractivity contribution in [3.05, 3.63) is 21.9 Å². The lowest BCUT2D eigenvalue weighted by molar-refractivity contribution is 0.104. The number of hydrogen-bond donors (Lipinski definition) is 0. The molecule has 0 aliphatic rings. The van der Waals surface area contributed by atoms with Crippen molar-refractivity contribution < 1.29 is 4.74 Å². The van der Waals surface area contributed by atoms with Crippen LogP contribution in [0.15, 0.2) is 11.4 Å². The molecule has 1 unspecified atom stereocenters. The molecule has 1 heterocycles. The van der Waals surface area contributed by atoms with Gasteiger partial charge in [-0.05, 0) is 30.9 Å². The number of thiophene rings is 1. The topological polar surface area (TPSA) is 33.0 Å². The molecule has 0 aliphatic heterocycles. The summed E-state index contributed by atoms with van der Waals surface area (Å²) < 4.78 is 5.27. The Morgan fingerprint density at radius 1 is 1.75 bits per heavy atom. The Kier molecular flexibility index (Phi) is 3.27. The molecule has 0 N–H and O–H groups in total. The zero-order chi connectivity index (χ0) is 8.97. The molecular weight excluding hydrogens is 170 g/mol. The molecule has 0 aliphatic carbocycles. The number of hydrogen-bond acceptors (Lipinski definition) is 3. The number of rotatable bonds is 3. The van der Waals surface area contributed by atoms with Crippen molar-refractivity contribution in [2.24, 2.45) is 0 Å². The number of ether oxygens (including phenoxy) is 1. The number of nitriles is 1. The molecule has 0 saturated heterocycles. The highest BCUT2D eigenvalue weighted by Gasteiger charge is 2.13. The fraction of sp³-hybridized carbons (Fsp3) is 0.444. The van der Waals surface area contributed by atoms with Gasteiger partial charge >= 0.3 is 0 Å². The van der Waals surface area contributed by atoms with Gasteiger partial charge in [-0.1, -0.05) is 0 Å². The molecule has 12 heavy (non-hydrogen) atoms. The third-order valence-electron chi connectivity index (χ3n) is 1.59. The Morgan fingerprint density at radius 2 is 2.50 bits per heavy atom. The van der Waals surface area contributed by atoms with E-state index in [2.05, 4.69) is 6.07 Å². The molecular formula is C9H11NOS. The van der Waals surface area contributed by atoms with Crippen LogP contribution < -0.4 is 0 Å². The normalized spacial score (nSPS) is 12.4. The second kappa shape index (κ2) is 4.24. The van der Waals surface area contributed by atoms with Gasteiger partial charge in [0.1, 0.15) is 6.07 Å². The van der Waals surface area contributed by atoms with Crippen molar-refractivity contribution in [1.82, 2.24) is 0 Å². The van der Waals surface area contributed by atoms with E-state index in [9.17, 15) is 0 Å². The van der Waals surface area contributed by atoms with Crippen molar-refractivity contribution in [2.45, 2.75) is 20.0 Å². The Balaban J connectivity index is 2.81. The van der Waals surface area contributed by atoms with Crippen LogP contribution in [0.4, 0.5) is 0 Å². The molecule has 1 aromatic rings. The standard InChI is InChI=1S/C9H11NOS/c1-3-11-8(6-10)9-7(2)4-5-12-9/h4-5,8H,3H2,1-2H3. The van der Waals surface area contributed by atoms with E-state index in [0.717, 1.165) is 10.4 Å². The van der Waals surface area contributed by atoms with E-state index in [0.29, 0.717) is 6.61 Å². The Hall–Kier alpha value is -0.850. The summed E-state index contributed by atoms with van der Waals surface area (Å²) in [6.45, 7) is 4.47. The van der Waals surface area contributed by atoms with Gasteiger partial charge in [0.15, 0.2) is 6.10 Å². The lowest BCUT2D eigenvalue weighted by Gasteiger charge is -2.07. The molecule has 0 aromatic carbocycles. The molecule has 2 nitrogen and oxygen atoms in total. The van der Waals surface area contributed by atoms with Gasteiger partial charge in [-0.15, -0.1) is 11.3 Å². The van der Waals surface area contributed by atoms with Gasteiger partial charge in [-0.25, -0.2) is 0 Å². The molecule has 0 radical (unpaired) electrons. The lowest BCUT2D eigenvalue weighted by Crippen LogP contribution is -2.00. The van der Waals surface area contributed by atoms with Gasteiger partial charge in [0.05, 0.1) is 4.88 Å². The largest absolute Gasteiger partial charge is 0.358 e. The zero-order valence-electron chi connectivity index (χ0n) is 7.20. The van der Waals surface area contributed by atoms with Crippen molar-refractivity contribution in [2.75, 3.05) is 6.61 Å². The Morgan fingerprint density at radius 3 is 2.92 bits per heavy atom. The van der Waals surface area contributed by atoms with E-state index >= 15 is 0 Å². The first kappa shape index (κ1) is 9.24. The molecule has 0 amide bonds. The highest BCUT2D eigenvalue weighted by atomic mass is 32.1. The molecule has 3 heteroatoms. The van der Waals surface area contributed by atoms with Crippen LogP contribution in [0.5, 0.6) is 0 Å². The fourth-order valence-corrected chi connectivity index (χ4v) is 1.91.